The summed E-state index contributed by atoms with van der Waals surface area (Å²) in [6.45, 7) is 4.12. The SMILES string of the molecule is CC(C)(C(=O)OCc1ccccc1)c1cccs1. The van der Waals surface area contributed by atoms with Crippen LogP contribution in [0.25, 0.3) is 0 Å². The third-order valence-electron chi connectivity index (χ3n) is 2.86. The van der Waals surface area contributed by atoms with Crippen molar-refractivity contribution in [3.8, 4) is 0 Å². The van der Waals surface area contributed by atoms with E-state index in [9.17, 15) is 4.79 Å². The summed E-state index contributed by atoms with van der Waals surface area (Å²) in [5.74, 6) is -0.186. The van der Waals surface area contributed by atoms with E-state index in [1.807, 2.05) is 61.7 Å². The highest BCUT2D eigenvalue weighted by Gasteiger charge is 2.32. The van der Waals surface area contributed by atoms with Gasteiger partial charge in [0.2, 0.25) is 0 Å². The van der Waals surface area contributed by atoms with Crippen LogP contribution in [-0.2, 0) is 21.6 Å². The Kier molecular flexibility index (Phi) is 3.82. The molecular formula is C15H16O2S. The van der Waals surface area contributed by atoms with Gasteiger partial charge in [0.05, 0.1) is 5.41 Å². The van der Waals surface area contributed by atoms with Crippen molar-refractivity contribution in [1.82, 2.24) is 0 Å². The summed E-state index contributed by atoms with van der Waals surface area (Å²) in [6, 6.07) is 13.6. The lowest BCUT2D eigenvalue weighted by Crippen LogP contribution is -2.30. The van der Waals surface area contributed by atoms with Gasteiger partial charge in [-0.25, -0.2) is 0 Å². The minimum absolute atomic E-state index is 0.186. The van der Waals surface area contributed by atoms with E-state index in [1.165, 1.54) is 0 Å². The highest BCUT2D eigenvalue weighted by atomic mass is 32.1. The lowest BCUT2D eigenvalue weighted by molar-refractivity contribution is -0.150. The van der Waals surface area contributed by atoms with E-state index in [0.29, 0.717) is 6.61 Å². The number of rotatable bonds is 4. The van der Waals surface area contributed by atoms with Crippen molar-refractivity contribution in [2.75, 3.05) is 0 Å². The summed E-state index contributed by atoms with van der Waals surface area (Å²) >= 11 is 1.58. The molecule has 94 valence electrons. The Morgan fingerprint density at radius 1 is 1.17 bits per heavy atom. The summed E-state index contributed by atoms with van der Waals surface area (Å²) in [5.41, 5.74) is 0.427. The zero-order chi connectivity index (χ0) is 13.0. The minimum Gasteiger partial charge on any atom is -0.460 e. The summed E-state index contributed by atoms with van der Waals surface area (Å²) in [5, 5.41) is 1.97. The molecule has 1 aromatic heterocycles. The fraction of sp³-hybridized carbons (Fsp3) is 0.267. The second kappa shape index (κ2) is 5.36. The molecule has 3 heteroatoms. The van der Waals surface area contributed by atoms with Crippen LogP contribution in [0.15, 0.2) is 47.8 Å². The number of thiophene rings is 1. The van der Waals surface area contributed by atoms with Crippen LogP contribution < -0.4 is 0 Å². The number of esters is 1. The number of carbonyl (C=O) groups is 1. The smallest absolute Gasteiger partial charge is 0.317 e. The number of hydrogen-bond donors (Lipinski definition) is 0. The zero-order valence-electron chi connectivity index (χ0n) is 10.6. The fourth-order valence-electron chi connectivity index (χ4n) is 1.64. The number of hydrogen-bond acceptors (Lipinski definition) is 3. The maximum atomic E-state index is 12.1. The van der Waals surface area contributed by atoms with Crippen LogP contribution in [-0.4, -0.2) is 5.97 Å². The molecule has 0 unspecified atom stereocenters. The van der Waals surface area contributed by atoms with E-state index in [2.05, 4.69) is 0 Å². The van der Waals surface area contributed by atoms with Crippen molar-refractivity contribution in [1.29, 1.82) is 0 Å². The van der Waals surface area contributed by atoms with Gasteiger partial charge in [0.15, 0.2) is 0 Å². The Morgan fingerprint density at radius 3 is 2.50 bits per heavy atom. The molecule has 0 saturated heterocycles. The second-order valence-electron chi connectivity index (χ2n) is 4.66. The van der Waals surface area contributed by atoms with Crippen LogP contribution in [0.4, 0.5) is 0 Å². The lowest BCUT2D eigenvalue weighted by Gasteiger charge is -2.21. The van der Waals surface area contributed by atoms with Crippen LogP contribution in [0.2, 0.25) is 0 Å². The van der Waals surface area contributed by atoms with Gasteiger partial charge in [0, 0.05) is 4.88 Å². The summed E-state index contributed by atoms with van der Waals surface area (Å²) in [6.07, 6.45) is 0. The summed E-state index contributed by atoms with van der Waals surface area (Å²) in [4.78, 5) is 13.1. The summed E-state index contributed by atoms with van der Waals surface area (Å²) < 4.78 is 5.38. The van der Waals surface area contributed by atoms with Gasteiger partial charge in [-0.2, -0.15) is 0 Å². The molecule has 1 aromatic carbocycles. The van der Waals surface area contributed by atoms with Gasteiger partial charge in [0.25, 0.3) is 0 Å². The molecule has 2 aromatic rings. The lowest BCUT2D eigenvalue weighted by atomic mass is 9.92. The molecule has 0 radical (unpaired) electrons. The first-order chi connectivity index (χ1) is 8.60. The summed E-state index contributed by atoms with van der Waals surface area (Å²) in [7, 11) is 0. The van der Waals surface area contributed by atoms with E-state index in [-0.39, 0.29) is 5.97 Å². The molecule has 18 heavy (non-hydrogen) atoms. The zero-order valence-corrected chi connectivity index (χ0v) is 11.4. The molecule has 0 spiro atoms. The average molecular weight is 260 g/mol. The first-order valence-corrected chi connectivity index (χ1v) is 6.74. The first kappa shape index (κ1) is 12.8. The molecule has 1 heterocycles. The van der Waals surface area contributed by atoms with Crippen molar-refractivity contribution in [2.24, 2.45) is 0 Å². The average Bonchev–Trinajstić information content (AvgIpc) is 2.91. The quantitative estimate of drug-likeness (QED) is 0.782. The molecule has 0 aliphatic carbocycles. The van der Waals surface area contributed by atoms with Gasteiger partial charge >= 0.3 is 5.97 Å². The molecular weight excluding hydrogens is 244 g/mol. The van der Waals surface area contributed by atoms with Gasteiger partial charge in [-0.05, 0) is 30.9 Å². The largest absolute Gasteiger partial charge is 0.460 e. The Labute approximate surface area is 111 Å². The highest BCUT2D eigenvalue weighted by molar-refractivity contribution is 7.10. The second-order valence-corrected chi connectivity index (χ2v) is 5.61. The predicted octanol–water partition coefficient (Wildman–Crippen LogP) is 3.77. The van der Waals surface area contributed by atoms with Gasteiger partial charge in [-0.1, -0.05) is 36.4 Å². The molecule has 0 aliphatic rings. The van der Waals surface area contributed by atoms with Crippen LogP contribution in [0.1, 0.15) is 24.3 Å². The molecule has 0 atom stereocenters. The Bertz CT molecular complexity index is 501. The number of carbonyl (C=O) groups excluding carboxylic acids is 1. The van der Waals surface area contributed by atoms with Crippen molar-refractivity contribution in [3.63, 3.8) is 0 Å². The van der Waals surface area contributed by atoms with Crippen LogP contribution >= 0.6 is 11.3 Å². The van der Waals surface area contributed by atoms with Crippen molar-refractivity contribution in [3.05, 3.63) is 58.3 Å². The topological polar surface area (TPSA) is 26.3 Å². The highest BCUT2D eigenvalue weighted by Crippen LogP contribution is 2.29. The van der Waals surface area contributed by atoms with E-state index >= 15 is 0 Å². The van der Waals surface area contributed by atoms with Crippen LogP contribution in [0, 0.1) is 0 Å². The monoisotopic (exact) mass is 260 g/mol. The van der Waals surface area contributed by atoms with Gasteiger partial charge in [0.1, 0.15) is 6.61 Å². The minimum atomic E-state index is -0.580. The van der Waals surface area contributed by atoms with E-state index in [4.69, 9.17) is 4.74 Å². The Balaban J connectivity index is 2.00. The first-order valence-electron chi connectivity index (χ1n) is 5.86. The third kappa shape index (κ3) is 2.79. The van der Waals surface area contributed by atoms with Crippen molar-refractivity contribution >= 4 is 17.3 Å². The maximum absolute atomic E-state index is 12.1. The molecule has 0 fully saturated rings. The molecule has 0 amide bonds. The van der Waals surface area contributed by atoms with Gasteiger partial charge < -0.3 is 4.74 Å². The Morgan fingerprint density at radius 2 is 1.89 bits per heavy atom. The number of ether oxygens (including phenoxy) is 1. The van der Waals surface area contributed by atoms with E-state index < -0.39 is 5.41 Å². The Hall–Kier alpha value is -1.61. The van der Waals surface area contributed by atoms with Crippen molar-refractivity contribution in [2.45, 2.75) is 25.9 Å². The molecule has 0 N–H and O–H groups in total. The normalized spacial score (nSPS) is 11.2. The molecule has 2 nitrogen and oxygen atoms in total. The fourth-order valence-corrected chi connectivity index (χ4v) is 2.48. The molecule has 0 bridgehead atoms. The molecule has 2 rings (SSSR count). The molecule has 0 saturated carbocycles. The maximum Gasteiger partial charge on any atom is 0.317 e. The third-order valence-corrected chi connectivity index (χ3v) is 4.05. The standard InChI is InChI=1S/C15H16O2S/c1-15(2,13-9-6-10-18-13)14(16)17-11-12-7-4-3-5-8-12/h3-10H,11H2,1-2H3. The van der Waals surface area contributed by atoms with Crippen LogP contribution in [0.5, 0.6) is 0 Å². The van der Waals surface area contributed by atoms with Gasteiger partial charge in [-0.15, -0.1) is 11.3 Å². The molecule has 0 aliphatic heterocycles. The number of benzene rings is 1. The predicted molar refractivity (Wildman–Crippen MR) is 73.6 cm³/mol. The van der Waals surface area contributed by atoms with Crippen LogP contribution in [0.3, 0.4) is 0 Å². The van der Waals surface area contributed by atoms with Crippen molar-refractivity contribution < 1.29 is 9.53 Å². The van der Waals surface area contributed by atoms with Gasteiger partial charge in [-0.3, -0.25) is 4.79 Å². The van der Waals surface area contributed by atoms with E-state index in [1.54, 1.807) is 11.3 Å². The van der Waals surface area contributed by atoms with E-state index in [0.717, 1.165) is 10.4 Å².